The zero-order valence-corrected chi connectivity index (χ0v) is 13.3. The van der Waals surface area contributed by atoms with Crippen molar-refractivity contribution in [1.29, 1.82) is 0 Å². The number of thiophene rings is 1. The number of nitrogens with zero attached hydrogens (tertiary/aromatic N) is 1. The average Bonchev–Trinajstić information content (AvgIpc) is 3.13. The summed E-state index contributed by atoms with van der Waals surface area (Å²) in [6.07, 6.45) is 3.46. The molecule has 2 amide bonds. The second kappa shape index (κ2) is 7.56. The first-order valence-electron chi connectivity index (χ1n) is 7.33. The van der Waals surface area contributed by atoms with E-state index in [9.17, 15) is 4.79 Å². The molecule has 1 aromatic carbocycles. The number of aromatic nitrogens is 1. The van der Waals surface area contributed by atoms with E-state index in [0.29, 0.717) is 6.54 Å². The molecule has 1 unspecified atom stereocenters. The molecular formula is C18H17N3OS. The summed E-state index contributed by atoms with van der Waals surface area (Å²) in [6.45, 7) is 0.521. The zero-order valence-electron chi connectivity index (χ0n) is 12.5. The van der Waals surface area contributed by atoms with Gasteiger partial charge in [0.1, 0.15) is 0 Å². The minimum Gasteiger partial charge on any atom is -0.334 e. The van der Waals surface area contributed by atoms with Crippen LogP contribution in [0.2, 0.25) is 0 Å². The van der Waals surface area contributed by atoms with Crippen molar-refractivity contribution in [3.8, 4) is 0 Å². The molecule has 2 aromatic heterocycles. The lowest BCUT2D eigenvalue weighted by molar-refractivity contribution is 0.238. The van der Waals surface area contributed by atoms with E-state index >= 15 is 0 Å². The highest BCUT2D eigenvalue weighted by Gasteiger charge is 2.16. The van der Waals surface area contributed by atoms with Crippen LogP contribution in [0, 0.1) is 0 Å². The molecule has 0 saturated heterocycles. The highest BCUT2D eigenvalue weighted by Crippen LogP contribution is 2.21. The van der Waals surface area contributed by atoms with Crippen LogP contribution in [0.15, 0.2) is 71.7 Å². The molecule has 2 N–H and O–H groups in total. The van der Waals surface area contributed by atoms with Crippen molar-refractivity contribution in [2.75, 3.05) is 0 Å². The number of carbonyl (C=O) groups excluding carboxylic acids is 1. The van der Waals surface area contributed by atoms with Gasteiger partial charge in [0.25, 0.3) is 0 Å². The summed E-state index contributed by atoms with van der Waals surface area (Å²) >= 11 is 1.62. The minimum atomic E-state index is -0.207. The fourth-order valence-electron chi connectivity index (χ4n) is 2.32. The molecule has 0 aliphatic heterocycles. The van der Waals surface area contributed by atoms with Gasteiger partial charge in [-0.25, -0.2) is 4.79 Å². The predicted molar refractivity (Wildman–Crippen MR) is 92.2 cm³/mol. The molecule has 4 nitrogen and oxygen atoms in total. The Morgan fingerprint density at radius 1 is 1.04 bits per heavy atom. The fourth-order valence-corrected chi connectivity index (χ4v) is 2.99. The lowest BCUT2D eigenvalue weighted by Crippen LogP contribution is -2.38. The second-order valence-corrected chi connectivity index (χ2v) is 5.86. The van der Waals surface area contributed by atoms with Gasteiger partial charge in [-0.1, -0.05) is 30.3 Å². The van der Waals surface area contributed by atoms with Gasteiger partial charge in [0, 0.05) is 18.9 Å². The lowest BCUT2D eigenvalue weighted by Gasteiger charge is -2.20. The van der Waals surface area contributed by atoms with Crippen molar-refractivity contribution < 1.29 is 4.79 Å². The smallest absolute Gasteiger partial charge is 0.315 e. The molecule has 0 aliphatic carbocycles. The van der Waals surface area contributed by atoms with Gasteiger partial charge in [-0.3, -0.25) is 4.98 Å². The second-order valence-electron chi connectivity index (χ2n) is 5.08. The highest BCUT2D eigenvalue weighted by molar-refractivity contribution is 7.07. The first-order chi connectivity index (χ1) is 11.3. The Hall–Kier alpha value is -2.66. The SMILES string of the molecule is O=C(NCc1ccsc1)NC(c1ccccc1)c1ccncc1. The number of rotatable bonds is 5. The Bertz CT molecular complexity index is 690. The maximum atomic E-state index is 12.3. The van der Waals surface area contributed by atoms with Crippen molar-refractivity contribution in [3.05, 3.63) is 88.4 Å². The topological polar surface area (TPSA) is 54.0 Å². The number of nitrogens with one attached hydrogen (secondary N) is 2. The first kappa shape index (κ1) is 15.2. The van der Waals surface area contributed by atoms with E-state index in [2.05, 4.69) is 15.6 Å². The maximum absolute atomic E-state index is 12.3. The van der Waals surface area contributed by atoms with Gasteiger partial charge in [0.15, 0.2) is 0 Å². The van der Waals surface area contributed by atoms with Gasteiger partial charge >= 0.3 is 6.03 Å². The number of urea groups is 1. The fraction of sp³-hybridized carbons (Fsp3) is 0.111. The Kier molecular flexibility index (Phi) is 5.01. The molecule has 0 spiro atoms. The van der Waals surface area contributed by atoms with E-state index in [-0.39, 0.29) is 12.1 Å². The molecule has 0 radical (unpaired) electrons. The predicted octanol–water partition coefficient (Wildman–Crippen LogP) is 3.73. The Balaban J connectivity index is 1.72. The molecule has 5 heteroatoms. The molecule has 1 atom stereocenters. The molecule has 0 bridgehead atoms. The van der Waals surface area contributed by atoms with Gasteiger partial charge in [0.2, 0.25) is 0 Å². The molecule has 3 aromatic rings. The summed E-state index contributed by atoms with van der Waals surface area (Å²) in [7, 11) is 0. The van der Waals surface area contributed by atoms with Crippen LogP contribution in [-0.2, 0) is 6.54 Å². The van der Waals surface area contributed by atoms with E-state index in [4.69, 9.17) is 0 Å². The van der Waals surface area contributed by atoms with Crippen LogP contribution < -0.4 is 10.6 Å². The third-order valence-electron chi connectivity index (χ3n) is 3.48. The Morgan fingerprint density at radius 2 is 1.78 bits per heavy atom. The minimum absolute atomic E-state index is 0.193. The highest BCUT2D eigenvalue weighted by atomic mass is 32.1. The van der Waals surface area contributed by atoms with Crippen LogP contribution in [0.1, 0.15) is 22.7 Å². The number of hydrogen-bond acceptors (Lipinski definition) is 3. The molecule has 0 saturated carbocycles. The van der Waals surface area contributed by atoms with Crippen molar-refractivity contribution in [3.63, 3.8) is 0 Å². The van der Waals surface area contributed by atoms with E-state index < -0.39 is 0 Å². The molecule has 0 fully saturated rings. The summed E-state index contributed by atoms with van der Waals surface area (Å²) in [5.74, 6) is 0. The van der Waals surface area contributed by atoms with Crippen LogP contribution >= 0.6 is 11.3 Å². The van der Waals surface area contributed by atoms with E-state index in [1.165, 1.54) is 0 Å². The normalized spacial score (nSPS) is 11.7. The molecule has 23 heavy (non-hydrogen) atoms. The average molecular weight is 323 g/mol. The van der Waals surface area contributed by atoms with Gasteiger partial charge in [0.05, 0.1) is 6.04 Å². The van der Waals surface area contributed by atoms with Crippen molar-refractivity contribution in [1.82, 2.24) is 15.6 Å². The summed E-state index contributed by atoms with van der Waals surface area (Å²) in [6, 6.07) is 15.3. The number of carbonyl (C=O) groups is 1. The van der Waals surface area contributed by atoms with Crippen molar-refractivity contribution >= 4 is 17.4 Å². The first-order valence-corrected chi connectivity index (χ1v) is 8.27. The third-order valence-corrected chi connectivity index (χ3v) is 4.21. The Morgan fingerprint density at radius 3 is 2.48 bits per heavy atom. The van der Waals surface area contributed by atoms with Crippen LogP contribution in [0.5, 0.6) is 0 Å². The summed E-state index contributed by atoms with van der Waals surface area (Å²) in [5.41, 5.74) is 3.13. The molecular weight excluding hydrogens is 306 g/mol. The standard InChI is InChI=1S/C18H17N3OS/c22-18(20-12-14-8-11-23-13-14)21-17(15-4-2-1-3-5-15)16-6-9-19-10-7-16/h1-11,13,17H,12H2,(H2,20,21,22). The number of amides is 2. The van der Waals surface area contributed by atoms with E-state index in [1.807, 2.05) is 59.3 Å². The third kappa shape index (κ3) is 4.17. The van der Waals surface area contributed by atoms with Crippen LogP contribution in [0.4, 0.5) is 4.79 Å². The monoisotopic (exact) mass is 323 g/mol. The summed E-state index contributed by atoms with van der Waals surface area (Å²) in [4.78, 5) is 16.3. The van der Waals surface area contributed by atoms with E-state index in [0.717, 1.165) is 16.7 Å². The number of hydrogen-bond donors (Lipinski definition) is 2. The largest absolute Gasteiger partial charge is 0.334 e. The van der Waals surface area contributed by atoms with Crippen LogP contribution in [0.25, 0.3) is 0 Å². The molecule has 3 rings (SSSR count). The van der Waals surface area contributed by atoms with Crippen molar-refractivity contribution in [2.45, 2.75) is 12.6 Å². The van der Waals surface area contributed by atoms with Gasteiger partial charge in [-0.2, -0.15) is 11.3 Å². The van der Waals surface area contributed by atoms with Gasteiger partial charge in [-0.15, -0.1) is 0 Å². The van der Waals surface area contributed by atoms with Gasteiger partial charge < -0.3 is 10.6 Å². The summed E-state index contributed by atoms with van der Waals surface area (Å²) in [5, 5.41) is 9.96. The van der Waals surface area contributed by atoms with Crippen LogP contribution in [-0.4, -0.2) is 11.0 Å². The molecule has 2 heterocycles. The van der Waals surface area contributed by atoms with Crippen molar-refractivity contribution in [2.24, 2.45) is 0 Å². The van der Waals surface area contributed by atoms with Crippen LogP contribution in [0.3, 0.4) is 0 Å². The number of benzene rings is 1. The van der Waals surface area contributed by atoms with E-state index in [1.54, 1.807) is 23.7 Å². The summed E-state index contributed by atoms with van der Waals surface area (Å²) < 4.78 is 0. The van der Waals surface area contributed by atoms with Gasteiger partial charge in [-0.05, 0) is 45.6 Å². The lowest BCUT2D eigenvalue weighted by atomic mass is 10.00. The number of pyridine rings is 1. The Labute approximate surface area is 139 Å². The molecule has 0 aliphatic rings. The zero-order chi connectivity index (χ0) is 15.9. The maximum Gasteiger partial charge on any atom is 0.315 e. The quantitative estimate of drug-likeness (QED) is 0.751. The molecule has 116 valence electrons.